The van der Waals surface area contributed by atoms with E-state index < -0.39 is 10.9 Å². The van der Waals surface area contributed by atoms with E-state index in [4.69, 9.17) is 23.1 Å². The van der Waals surface area contributed by atoms with Crippen molar-refractivity contribution in [1.82, 2.24) is 0 Å². The summed E-state index contributed by atoms with van der Waals surface area (Å²) in [6, 6.07) is 3.96. The number of benzene rings is 1. The number of halogens is 1. The van der Waals surface area contributed by atoms with E-state index in [1.54, 1.807) is 4.90 Å². The minimum absolute atomic E-state index is 0.102. The summed E-state index contributed by atoms with van der Waals surface area (Å²) in [5.74, 6) is 1.44. The van der Waals surface area contributed by atoms with E-state index in [1.165, 1.54) is 18.2 Å². The molecule has 0 atom stereocenters. The lowest BCUT2D eigenvalue weighted by atomic mass is 10.2. The zero-order chi connectivity index (χ0) is 14.4. The minimum Gasteiger partial charge on any atom is -0.481 e. The smallest absolute Gasteiger partial charge is 0.305 e. The van der Waals surface area contributed by atoms with Crippen LogP contribution < -0.4 is 4.90 Å². The van der Waals surface area contributed by atoms with Crippen molar-refractivity contribution < 1.29 is 14.8 Å². The second-order valence-corrected chi connectivity index (χ2v) is 4.07. The summed E-state index contributed by atoms with van der Waals surface area (Å²) in [6.45, 7) is 0.349. The Morgan fingerprint density at radius 3 is 2.74 bits per heavy atom. The maximum absolute atomic E-state index is 10.6. The molecule has 0 aliphatic carbocycles. The van der Waals surface area contributed by atoms with Gasteiger partial charge in [0, 0.05) is 18.7 Å². The number of nitro benzene ring substituents is 1. The molecule has 0 aromatic heterocycles. The number of hydrogen-bond acceptors (Lipinski definition) is 4. The highest BCUT2D eigenvalue weighted by molar-refractivity contribution is 6.33. The SMILES string of the molecule is C#CCN(CCC(=O)O)c1ccc([N+](=O)[O-])cc1Cl. The second-order valence-electron chi connectivity index (χ2n) is 3.66. The zero-order valence-corrected chi connectivity index (χ0v) is 10.6. The monoisotopic (exact) mass is 282 g/mol. The van der Waals surface area contributed by atoms with Crippen molar-refractivity contribution in [3.05, 3.63) is 33.3 Å². The lowest BCUT2D eigenvalue weighted by molar-refractivity contribution is -0.384. The zero-order valence-electron chi connectivity index (χ0n) is 9.88. The van der Waals surface area contributed by atoms with Gasteiger partial charge in [-0.3, -0.25) is 14.9 Å². The van der Waals surface area contributed by atoms with Crippen molar-refractivity contribution in [2.45, 2.75) is 6.42 Å². The van der Waals surface area contributed by atoms with Gasteiger partial charge in [0.1, 0.15) is 0 Å². The molecule has 0 bridgehead atoms. The third-order valence-corrected chi connectivity index (χ3v) is 2.66. The van der Waals surface area contributed by atoms with Crippen LogP contribution >= 0.6 is 11.6 Å². The molecule has 0 saturated carbocycles. The van der Waals surface area contributed by atoms with Crippen LogP contribution in [0.2, 0.25) is 5.02 Å². The van der Waals surface area contributed by atoms with E-state index in [9.17, 15) is 14.9 Å². The number of carbonyl (C=O) groups is 1. The van der Waals surface area contributed by atoms with E-state index in [-0.39, 0.29) is 30.2 Å². The van der Waals surface area contributed by atoms with Gasteiger partial charge in [-0.2, -0.15) is 0 Å². The molecule has 0 unspecified atom stereocenters. The fraction of sp³-hybridized carbons (Fsp3) is 0.250. The van der Waals surface area contributed by atoms with Crippen LogP contribution in [0.3, 0.4) is 0 Å². The van der Waals surface area contributed by atoms with Gasteiger partial charge in [0.2, 0.25) is 0 Å². The summed E-state index contributed by atoms with van der Waals surface area (Å²) in [7, 11) is 0. The summed E-state index contributed by atoms with van der Waals surface area (Å²) in [5.41, 5.74) is 0.346. The quantitative estimate of drug-likeness (QED) is 0.491. The van der Waals surface area contributed by atoms with Crippen LogP contribution in [0, 0.1) is 22.5 Å². The average molecular weight is 283 g/mol. The molecule has 0 heterocycles. The van der Waals surface area contributed by atoms with Crippen molar-refractivity contribution in [3.63, 3.8) is 0 Å². The molecule has 6 nitrogen and oxygen atoms in total. The maximum Gasteiger partial charge on any atom is 0.305 e. The van der Waals surface area contributed by atoms with Gasteiger partial charge in [-0.05, 0) is 6.07 Å². The second kappa shape index (κ2) is 6.61. The van der Waals surface area contributed by atoms with Crippen molar-refractivity contribution in [1.29, 1.82) is 0 Å². The number of aliphatic carboxylic acids is 1. The Hall–Kier alpha value is -2.26. The number of nitrogens with zero attached hydrogens (tertiary/aromatic N) is 2. The summed E-state index contributed by atoms with van der Waals surface area (Å²) in [4.78, 5) is 22.2. The molecule has 0 fully saturated rings. The predicted octanol–water partition coefficient (Wildman–Crippen LogP) is 2.16. The third-order valence-electron chi connectivity index (χ3n) is 2.36. The van der Waals surface area contributed by atoms with E-state index in [2.05, 4.69) is 5.92 Å². The lowest BCUT2D eigenvalue weighted by Gasteiger charge is -2.22. The summed E-state index contributed by atoms with van der Waals surface area (Å²) in [5, 5.41) is 19.4. The van der Waals surface area contributed by atoms with Crippen LogP contribution in [0.5, 0.6) is 0 Å². The Morgan fingerprint density at radius 2 is 2.26 bits per heavy atom. The molecule has 0 aliphatic rings. The predicted molar refractivity (Wildman–Crippen MR) is 71.4 cm³/mol. The number of carboxylic acid groups (broad SMARTS) is 1. The van der Waals surface area contributed by atoms with Crippen molar-refractivity contribution in [3.8, 4) is 12.3 Å². The van der Waals surface area contributed by atoms with Gasteiger partial charge in [-0.1, -0.05) is 17.5 Å². The largest absolute Gasteiger partial charge is 0.481 e. The average Bonchev–Trinajstić information content (AvgIpc) is 2.34. The van der Waals surface area contributed by atoms with Gasteiger partial charge >= 0.3 is 5.97 Å². The van der Waals surface area contributed by atoms with E-state index >= 15 is 0 Å². The summed E-state index contributed by atoms with van der Waals surface area (Å²) in [6.07, 6.45) is 5.11. The number of anilines is 1. The van der Waals surface area contributed by atoms with Gasteiger partial charge in [0.15, 0.2) is 0 Å². The highest BCUT2D eigenvalue weighted by atomic mass is 35.5. The highest BCUT2D eigenvalue weighted by Gasteiger charge is 2.14. The van der Waals surface area contributed by atoms with Crippen LogP contribution in [-0.2, 0) is 4.79 Å². The van der Waals surface area contributed by atoms with Gasteiger partial charge in [0.05, 0.1) is 28.6 Å². The molecule has 0 spiro atoms. The molecule has 100 valence electrons. The van der Waals surface area contributed by atoms with Crippen molar-refractivity contribution in [2.24, 2.45) is 0 Å². The number of terminal acetylenes is 1. The van der Waals surface area contributed by atoms with Crippen LogP contribution in [0.25, 0.3) is 0 Å². The third kappa shape index (κ3) is 4.16. The normalized spacial score (nSPS) is 9.68. The van der Waals surface area contributed by atoms with Gasteiger partial charge in [-0.25, -0.2) is 0 Å². The Labute approximate surface area is 114 Å². The fourth-order valence-electron chi connectivity index (χ4n) is 1.49. The Kier molecular flexibility index (Phi) is 5.15. The lowest BCUT2D eigenvalue weighted by Crippen LogP contribution is -2.26. The maximum atomic E-state index is 10.6. The number of non-ortho nitro benzene ring substituents is 1. The first-order chi connectivity index (χ1) is 8.95. The molecular formula is C12H11ClN2O4. The molecule has 0 radical (unpaired) electrons. The first-order valence-corrected chi connectivity index (χ1v) is 5.67. The van der Waals surface area contributed by atoms with Gasteiger partial charge < -0.3 is 10.0 Å². The van der Waals surface area contributed by atoms with Crippen LogP contribution in [0.4, 0.5) is 11.4 Å². The number of hydrogen-bond donors (Lipinski definition) is 1. The number of carboxylic acids is 1. The molecule has 1 aromatic carbocycles. The Balaban J connectivity index is 2.99. The molecule has 0 saturated heterocycles. The topological polar surface area (TPSA) is 83.7 Å². The highest BCUT2D eigenvalue weighted by Crippen LogP contribution is 2.29. The molecular weight excluding hydrogens is 272 g/mol. The van der Waals surface area contributed by atoms with E-state index in [0.717, 1.165) is 0 Å². The van der Waals surface area contributed by atoms with Gasteiger partial charge in [-0.15, -0.1) is 6.42 Å². The molecule has 0 amide bonds. The van der Waals surface area contributed by atoms with Crippen LogP contribution in [0.1, 0.15) is 6.42 Å². The molecule has 1 N–H and O–H groups in total. The molecule has 7 heteroatoms. The van der Waals surface area contributed by atoms with E-state index in [0.29, 0.717) is 5.69 Å². The van der Waals surface area contributed by atoms with Gasteiger partial charge in [0.25, 0.3) is 5.69 Å². The first-order valence-electron chi connectivity index (χ1n) is 5.30. The van der Waals surface area contributed by atoms with Crippen LogP contribution in [-0.4, -0.2) is 29.1 Å². The van der Waals surface area contributed by atoms with Crippen molar-refractivity contribution >= 4 is 28.9 Å². The standard InChI is InChI=1S/C12H11ClN2O4/c1-2-6-14(7-5-12(16)17)11-4-3-9(15(18)19)8-10(11)13/h1,3-4,8H,5-7H2,(H,16,17). The Morgan fingerprint density at radius 1 is 1.58 bits per heavy atom. The summed E-state index contributed by atoms with van der Waals surface area (Å²) < 4.78 is 0. The fourth-order valence-corrected chi connectivity index (χ4v) is 1.79. The number of rotatable bonds is 6. The van der Waals surface area contributed by atoms with Crippen LogP contribution in [0.15, 0.2) is 18.2 Å². The molecule has 1 aromatic rings. The summed E-state index contributed by atoms with van der Waals surface area (Å²) >= 11 is 5.96. The minimum atomic E-state index is -0.958. The molecule has 0 aliphatic heterocycles. The first kappa shape index (κ1) is 14.8. The molecule has 1 rings (SSSR count). The van der Waals surface area contributed by atoms with Crippen molar-refractivity contribution in [2.75, 3.05) is 18.0 Å². The Bertz CT molecular complexity index is 539. The number of nitro groups is 1. The molecule has 19 heavy (non-hydrogen) atoms. The van der Waals surface area contributed by atoms with E-state index in [1.807, 2.05) is 0 Å².